The fourth-order valence-corrected chi connectivity index (χ4v) is 2.19. The van der Waals surface area contributed by atoms with Crippen molar-refractivity contribution in [3.8, 4) is 5.75 Å². The smallest absolute Gasteiger partial charge is 0.185 e. The lowest BCUT2D eigenvalue weighted by atomic mass is 10.0. The number of aryl methyl sites for hydroxylation is 2. The van der Waals surface area contributed by atoms with E-state index in [1.165, 1.54) is 6.08 Å². The molecule has 1 N–H and O–H groups in total. The summed E-state index contributed by atoms with van der Waals surface area (Å²) in [6, 6.07) is 10.5. The summed E-state index contributed by atoms with van der Waals surface area (Å²) in [7, 11) is 0. The Balaban J connectivity index is 2.23. The number of phenols is 1. The van der Waals surface area contributed by atoms with Gasteiger partial charge in [-0.15, -0.1) is 0 Å². The van der Waals surface area contributed by atoms with E-state index in [1.54, 1.807) is 30.3 Å². The summed E-state index contributed by atoms with van der Waals surface area (Å²) in [5.41, 5.74) is 3.02. The van der Waals surface area contributed by atoms with E-state index in [-0.39, 0.29) is 5.78 Å². The van der Waals surface area contributed by atoms with Gasteiger partial charge in [0.2, 0.25) is 0 Å². The van der Waals surface area contributed by atoms with Crippen LogP contribution in [0.2, 0.25) is 5.02 Å². The van der Waals surface area contributed by atoms with E-state index in [2.05, 4.69) is 0 Å². The number of phenolic OH excluding ortho intramolecular Hbond substituents is 1. The van der Waals surface area contributed by atoms with Crippen LogP contribution < -0.4 is 0 Å². The van der Waals surface area contributed by atoms with Crippen LogP contribution in [0.15, 0.2) is 42.5 Å². The van der Waals surface area contributed by atoms with Crippen molar-refractivity contribution in [2.24, 2.45) is 0 Å². The van der Waals surface area contributed by atoms with Crippen LogP contribution in [0.4, 0.5) is 0 Å². The van der Waals surface area contributed by atoms with Crippen LogP contribution in [0.5, 0.6) is 5.75 Å². The van der Waals surface area contributed by atoms with E-state index in [0.29, 0.717) is 16.3 Å². The predicted octanol–water partition coefficient (Wildman–Crippen LogP) is 4.56. The summed E-state index contributed by atoms with van der Waals surface area (Å²) in [6.07, 6.45) is 3.25. The van der Waals surface area contributed by atoms with Gasteiger partial charge in [0.1, 0.15) is 5.75 Å². The number of ketones is 1. The highest BCUT2D eigenvalue weighted by Crippen LogP contribution is 2.23. The lowest BCUT2D eigenvalue weighted by Gasteiger charge is -2.04. The van der Waals surface area contributed by atoms with E-state index in [0.717, 1.165) is 16.7 Å². The number of allylic oxidation sites excluding steroid dienone is 1. The summed E-state index contributed by atoms with van der Waals surface area (Å²) >= 11 is 5.86. The van der Waals surface area contributed by atoms with Crippen LogP contribution in [-0.4, -0.2) is 10.9 Å². The Kier molecular flexibility index (Phi) is 4.26. The third kappa shape index (κ3) is 3.28. The Morgan fingerprint density at radius 1 is 1.15 bits per heavy atom. The average Bonchev–Trinajstić information content (AvgIpc) is 2.42. The molecule has 2 aromatic rings. The van der Waals surface area contributed by atoms with Crippen molar-refractivity contribution in [2.75, 3.05) is 0 Å². The summed E-state index contributed by atoms with van der Waals surface area (Å²) in [4.78, 5) is 12.0. The van der Waals surface area contributed by atoms with Crippen molar-refractivity contribution >= 4 is 23.5 Å². The van der Waals surface area contributed by atoms with Gasteiger partial charge in [0.25, 0.3) is 0 Å². The molecule has 3 heteroatoms. The molecule has 0 aliphatic carbocycles. The van der Waals surface area contributed by atoms with Gasteiger partial charge in [0.15, 0.2) is 5.78 Å². The highest BCUT2D eigenvalue weighted by molar-refractivity contribution is 6.31. The van der Waals surface area contributed by atoms with Crippen LogP contribution in [0.3, 0.4) is 0 Å². The summed E-state index contributed by atoms with van der Waals surface area (Å²) in [5, 5.41) is 10.3. The fraction of sp³-hybridized carbons (Fsp3) is 0.118. The molecule has 0 atom stereocenters. The van der Waals surface area contributed by atoms with Gasteiger partial charge < -0.3 is 5.11 Å². The molecule has 2 rings (SSSR count). The van der Waals surface area contributed by atoms with E-state index < -0.39 is 0 Å². The first kappa shape index (κ1) is 14.4. The first-order valence-corrected chi connectivity index (χ1v) is 6.63. The Morgan fingerprint density at radius 2 is 1.80 bits per heavy atom. The third-order valence-electron chi connectivity index (χ3n) is 3.05. The van der Waals surface area contributed by atoms with Crippen molar-refractivity contribution in [1.82, 2.24) is 0 Å². The van der Waals surface area contributed by atoms with Crippen molar-refractivity contribution in [1.29, 1.82) is 0 Å². The second-order valence-corrected chi connectivity index (χ2v) is 5.15. The molecule has 2 aromatic carbocycles. The Labute approximate surface area is 123 Å². The second-order valence-electron chi connectivity index (χ2n) is 4.71. The van der Waals surface area contributed by atoms with E-state index in [9.17, 15) is 9.90 Å². The van der Waals surface area contributed by atoms with Gasteiger partial charge in [0, 0.05) is 10.6 Å². The number of benzene rings is 2. The summed E-state index contributed by atoms with van der Waals surface area (Å²) in [6.45, 7) is 3.66. The topological polar surface area (TPSA) is 37.3 Å². The minimum atomic E-state index is -0.101. The van der Waals surface area contributed by atoms with Gasteiger partial charge in [-0.2, -0.15) is 0 Å². The molecule has 0 amide bonds. The SMILES string of the molecule is Cc1cc(/C=C/C(=O)c2cccc(Cl)c2)cc(C)c1O. The second kappa shape index (κ2) is 5.93. The number of halogens is 1. The van der Waals surface area contributed by atoms with Gasteiger partial charge in [-0.1, -0.05) is 29.8 Å². The maximum Gasteiger partial charge on any atom is 0.185 e. The summed E-state index contributed by atoms with van der Waals surface area (Å²) < 4.78 is 0. The number of aromatic hydroxyl groups is 1. The van der Waals surface area contributed by atoms with E-state index >= 15 is 0 Å². The van der Waals surface area contributed by atoms with Crippen LogP contribution in [0, 0.1) is 13.8 Å². The minimum Gasteiger partial charge on any atom is -0.507 e. The standard InChI is InChI=1S/C17H15ClO2/c1-11-8-13(9-12(2)17(11)20)6-7-16(19)14-4-3-5-15(18)10-14/h3-10,20H,1-2H3/b7-6+. The normalized spacial score (nSPS) is 10.9. The summed E-state index contributed by atoms with van der Waals surface area (Å²) in [5.74, 6) is 0.194. The molecule has 20 heavy (non-hydrogen) atoms. The average molecular weight is 287 g/mol. The van der Waals surface area contributed by atoms with Gasteiger partial charge in [-0.05, 0) is 60.9 Å². The van der Waals surface area contributed by atoms with Gasteiger partial charge in [-0.25, -0.2) is 0 Å². The molecule has 0 aliphatic heterocycles. The van der Waals surface area contributed by atoms with Crippen LogP contribution >= 0.6 is 11.6 Å². The molecule has 0 heterocycles. The van der Waals surface area contributed by atoms with Crippen molar-refractivity contribution in [2.45, 2.75) is 13.8 Å². The lowest BCUT2D eigenvalue weighted by Crippen LogP contribution is -1.93. The molecule has 0 aromatic heterocycles. The number of hydrogen-bond donors (Lipinski definition) is 1. The number of carbonyl (C=O) groups is 1. The molecule has 0 bridgehead atoms. The number of rotatable bonds is 3. The first-order valence-electron chi connectivity index (χ1n) is 6.25. The fourth-order valence-electron chi connectivity index (χ4n) is 2.00. The molecule has 0 spiro atoms. The molecule has 0 unspecified atom stereocenters. The molecule has 0 saturated carbocycles. The van der Waals surface area contributed by atoms with Gasteiger partial charge in [0.05, 0.1) is 0 Å². The highest BCUT2D eigenvalue weighted by Gasteiger charge is 2.04. The molecular formula is C17H15ClO2. The molecule has 102 valence electrons. The molecule has 2 nitrogen and oxygen atoms in total. The van der Waals surface area contributed by atoms with Crippen molar-refractivity contribution < 1.29 is 9.90 Å². The molecule has 0 radical (unpaired) electrons. The lowest BCUT2D eigenvalue weighted by molar-refractivity contribution is 0.104. The van der Waals surface area contributed by atoms with E-state index in [1.807, 2.05) is 26.0 Å². The van der Waals surface area contributed by atoms with E-state index in [4.69, 9.17) is 11.6 Å². The molecule has 0 saturated heterocycles. The molecule has 0 fully saturated rings. The van der Waals surface area contributed by atoms with Crippen LogP contribution in [0.25, 0.3) is 6.08 Å². The van der Waals surface area contributed by atoms with Gasteiger partial charge >= 0.3 is 0 Å². The Morgan fingerprint density at radius 3 is 2.40 bits per heavy atom. The molecular weight excluding hydrogens is 272 g/mol. The largest absolute Gasteiger partial charge is 0.507 e. The highest BCUT2D eigenvalue weighted by atomic mass is 35.5. The maximum atomic E-state index is 12.0. The minimum absolute atomic E-state index is 0.101. The zero-order chi connectivity index (χ0) is 14.7. The van der Waals surface area contributed by atoms with Gasteiger partial charge in [-0.3, -0.25) is 4.79 Å². The van der Waals surface area contributed by atoms with Crippen LogP contribution in [-0.2, 0) is 0 Å². The monoisotopic (exact) mass is 286 g/mol. The Bertz CT molecular complexity index is 664. The maximum absolute atomic E-state index is 12.0. The predicted molar refractivity (Wildman–Crippen MR) is 82.4 cm³/mol. The zero-order valence-electron chi connectivity index (χ0n) is 11.4. The van der Waals surface area contributed by atoms with Crippen molar-refractivity contribution in [3.63, 3.8) is 0 Å². The number of carbonyl (C=O) groups excluding carboxylic acids is 1. The van der Waals surface area contributed by atoms with Crippen molar-refractivity contribution in [3.05, 3.63) is 69.8 Å². The first-order chi connectivity index (χ1) is 9.47. The Hall–Kier alpha value is -2.06. The quantitative estimate of drug-likeness (QED) is 0.663. The van der Waals surface area contributed by atoms with Crippen LogP contribution in [0.1, 0.15) is 27.0 Å². The number of hydrogen-bond acceptors (Lipinski definition) is 2. The molecule has 0 aliphatic rings. The zero-order valence-corrected chi connectivity index (χ0v) is 12.1. The third-order valence-corrected chi connectivity index (χ3v) is 3.28.